The quantitative estimate of drug-likeness (QED) is 0.291. The number of ether oxygens (including phenoxy) is 2. The first kappa shape index (κ1) is 22.7. The van der Waals surface area contributed by atoms with Gasteiger partial charge in [-0.25, -0.2) is 0 Å². The standard InChI is InChI=1S/C23H44O2/c1-8-9-10-12-19(2)13-11-14-20(3)15-21(4)16-23(7)24-17-22(5,6)18-25-23/h15,19,21H,8-14,16-18H2,1-7H3/b20-15+/t19?,21-/m0/s1. The predicted molar refractivity (Wildman–Crippen MR) is 109 cm³/mol. The highest BCUT2D eigenvalue weighted by molar-refractivity contribution is 5.01. The normalized spacial score (nSPS) is 22.6. The van der Waals surface area contributed by atoms with Gasteiger partial charge in [0, 0.05) is 11.8 Å². The molecule has 1 unspecified atom stereocenters. The molecule has 2 atom stereocenters. The van der Waals surface area contributed by atoms with Crippen molar-refractivity contribution in [2.45, 2.75) is 106 Å². The Bertz CT molecular complexity index is 387. The SMILES string of the molecule is CCCCCC(C)CCC/C(C)=C/[C@H](C)CC1(C)OCC(C)(C)CO1. The number of allylic oxidation sites excluding steroid dienone is 2. The second-order valence-electron chi connectivity index (χ2n) is 9.56. The zero-order chi connectivity index (χ0) is 18.9. The summed E-state index contributed by atoms with van der Waals surface area (Å²) in [5.41, 5.74) is 1.66. The van der Waals surface area contributed by atoms with Crippen molar-refractivity contribution in [3.05, 3.63) is 11.6 Å². The summed E-state index contributed by atoms with van der Waals surface area (Å²) < 4.78 is 12.1. The zero-order valence-corrected chi connectivity index (χ0v) is 18.1. The Morgan fingerprint density at radius 1 is 1.00 bits per heavy atom. The van der Waals surface area contributed by atoms with E-state index in [0.717, 1.165) is 25.6 Å². The van der Waals surface area contributed by atoms with E-state index in [1.54, 1.807) is 0 Å². The molecule has 0 spiro atoms. The van der Waals surface area contributed by atoms with Crippen molar-refractivity contribution in [3.8, 4) is 0 Å². The van der Waals surface area contributed by atoms with E-state index in [0.29, 0.717) is 5.92 Å². The van der Waals surface area contributed by atoms with E-state index in [-0.39, 0.29) is 5.41 Å². The fourth-order valence-corrected chi connectivity index (χ4v) is 3.73. The Morgan fingerprint density at radius 2 is 1.60 bits per heavy atom. The van der Waals surface area contributed by atoms with Crippen LogP contribution in [0.25, 0.3) is 0 Å². The van der Waals surface area contributed by atoms with Crippen LogP contribution in [0, 0.1) is 17.3 Å². The summed E-state index contributed by atoms with van der Waals surface area (Å²) in [4.78, 5) is 0. The highest BCUT2D eigenvalue weighted by atomic mass is 16.7. The highest BCUT2D eigenvalue weighted by Crippen LogP contribution is 2.33. The van der Waals surface area contributed by atoms with E-state index >= 15 is 0 Å². The molecule has 2 heteroatoms. The van der Waals surface area contributed by atoms with Gasteiger partial charge in [0.1, 0.15) is 0 Å². The van der Waals surface area contributed by atoms with Gasteiger partial charge in [-0.1, -0.05) is 78.4 Å². The molecule has 0 aromatic heterocycles. The maximum Gasteiger partial charge on any atom is 0.166 e. The fourth-order valence-electron chi connectivity index (χ4n) is 3.73. The molecule has 0 aromatic rings. The van der Waals surface area contributed by atoms with Gasteiger partial charge in [0.2, 0.25) is 0 Å². The number of hydrogen-bond donors (Lipinski definition) is 0. The third kappa shape index (κ3) is 9.80. The third-order valence-corrected chi connectivity index (χ3v) is 5.37. The predicted octanol–water partition coefficient (Wildman–Crippen LogP) is 7.13. The molecule has 148 valence electrons. The summed E-state index contributed by atoms with van der Waals surface area (Å²) in [7, 11) is 0. The highest BCUT2D eigenvalue weighted by Gasteiger charge is 2.37. The van der Waals surface area contributed by atoms with E-state index in [1.807, 2.05) is 0 Å². The second kappa shape index (κ2) is 10.7. The van der Waals surface area contributed by atoms with Crippen molar-refractivity contribution in [1.82, 2.24) is 0 Å². The average Bonchev–Trinajstić information content (AvgIpc) is 2.51. The Hall–Kier alpha value is -0.340. The van der Waals surface area contributed by atoms with Gasteiger partial charge in [0.05, 0.1) is 13.2 Å². The van der Waals surface area contributed by atoms with E-state index < -0.39 is 5.79 Å². The first-order chi connectivity index (χ1) is 11.7. The maximum absolute atomic E-state index is 6.04. The molecule has 0 amide bonds. The summed E-state index contributed by atoms with van der Waals surface area (Å²) in [5.74, 6) is 0.954. The molecule has 0 saturated carbocycles. The molecule has 0 aromatic carbocycles. The van der Waals surface area contributed by atoms with Crippen LogP contribution in [0.3, 0.4) is 0 Å². The first-order valence-electron chi connectivity index (χ1n) is 10.6. The molecule has 0 aliphatic carbocycles. The van der Waals surface area contributed by atoms with Crippen molar-refractivity contribution in [2.75, 3.05) is 13.2 Å². The lowest BCUT2D eigenvalue weighted by atomic mass is 9.92. The summed E-state index contributed by atoms with van der Waals surface area (Å²) in [6, 6.07) is 0. The van der Waals surface area contributed by atoms with E-state index in [1.165, 1.54) is 50.5 Å². The van der Waals surface area contributed by atoms with Crippen molar-refractivity contribution in [2.24, 2.45) is 17.3 Å². The number of rotatable bonds is 11. The second-order valence-corrected chi connectivity index (χ2v) is 9.56. The van der Waals surface area contributed by atoms with Gasteiger partial charge in [-0.2, -0.15) is 0 Å². The van der Waals surface area contributed by atoms with E-state index in [2.05, 4.69) is 54.5 Å². The summed E-state index contributed by atoms with van der Waals surface area (Å²) >= 11 is 0. The van der Waals surface area contributed by atoms with Gasteiger partial charge in [-0.15, -0.1) is 0 Å². The van der Waals surface area contributed by atoms with Crippen molar-refractivity contribution >= 4 is 0 Å². The molecule has 1 saturated heterocycles. The minimum Gasteiger partial charge on any atom is -0.350 e. The molecule has 1 rings (SSSR count). The zero-order valence-electron chi connectivity index (χ0n) is 18.1. The van der Waals surface area contributed by atoms with Gasteiger partial charge in [-0.3, -0.25) is 0 Å². The van der Waals surface area contributed by atoms with Crippen molar-refractivity contribution in [1.29, 1.82) is 0 Å². The lowest BCUT2D eigenvalue weighted by Crippen LogP contribution is -2.46. The van der Waals surface area contributed by atoms with Gasteiger partial charge in [0.25, 0.3) is 0 Å². The number of hydrogen-bond acceptors (Lipinski definition) is 2. The van der Waals surface area contributed by atoms with Gasteiger partial charge in [-0.05, 0) is 38.5 Å². The third-order valence-electron chi connectivity index (χ3n) is 5.37. The van der Waals surface area contributed by atoms with Crippen LogP contribution in [-0.4, -0.2) is 19.0 Å². The molecular weight excluding hydrogens is 308 g/mol. The van der Waals surface area contributed by atoms with Crippen LogP contribution in [0.15, 0.2) is 11.6 Å². The Balaban J connectivity index is 2.28. The molecule has 1 fully saturated rings. The Kier molecular flexibility index (Phi) is 9.74. The van der Waals surface area contributed by atoms with Crippen LogP contribution >= 0.6 is 0 Å². The fraction of sp³-hybridized carbons (Fsp3) is 0.913. The van der Waals surface area contributed by atoms with Gasteiger partial charge < -0.3 is 9.47 Å². The average molecular weight is 353 g/mol. The molecule has 1 heterocycles. The van der Waals surface area contributed by atoms with E-state index in [9.17, 15) is 0 Å². The molecule has 0 N–H and O–H groups in total. The van der Waals surface area contributed by atoms with Crippen molar-refractivity contribution in [3.63, 3.8) is 0 Å². The molecule has 25 heavy (non-hydrogen) atoms. The smallest absolute Gasteiger partial charge is 0.166 e. The van der Waals surface area contributed by atoms with Crippen LogP contribution in [0.2, 0.25) is 0 Å². The molecule has 0 bridgehead atoms. The topological polar surface area (TPSA) is 18.5 Å². The minimum atomic E-state index is -0.417. The summed E-state index contributed by atoms with van der Waals surface area (Å²) in [6.07, 6.45) is 12.8. The summed E-state index contributed by atoms with van der Waals surface area (Å²) in [6.45, 7) is 17.3. The Labute approximate surface area is 157 Å². The van der Waals surface area contributed by atoms with Crippen molar-refractivity contribution < 1.29 is 9.47 Å². The monoisotopic (exact) mass is 352 g/mol. The molecule has 1 aliphatic heterocycles. The van der Waals surface area contributed by atoms with Crippen LogP contribution in [-0.2, 0) is 9.47 Å². The molecule has 2 nitrogen and oxygen atoms in total. The first-order valence-corrected chi connectivity index (χ1v) is 10.6. The van der Waals surface area contributed by atoms with Crippen LogP contribution in [0.4, 0.5) is 0 Å². The molecule has 1 aliphatic rings. The van der Waals surface area contributed by atoms with Crippen LogP contribution in [0.1, 0.15) is 99.8 Å². The Morgan fingerprint density at radius 3 is 2.20 bits per heavy atom. The van der Waals surface area contributed by atoms with Crippen LogP contribution in [0.5, 0.6) is 0 Å². The molecular formula is C23H44O2. The maximum atomic E-state index is 6.04. The lowest BCUT2D eigenvalue weighted by molar-refractivity contribution is -0.294. The minimum absolute atomic E-state index is 0.141. The van der Waals surface area contributed by atoms with Gasteiger partial charge in [0.15, 0.2) is 5.79 Å². The molecule has 0 radical (unpaired) electrons. The lowest BCUT2D eigenvalue weighted by Gasteiger charge is -2.42. The van der Waals surface area contributed by atoms with Gasteiger partial charge >= 0.3 is 0 Å². The number of unbranched alkanes of at least 4 members (excludes halogenated alkanes) is 2. The largest absolute Gasteiger partial charge is 0.350 e. The van der Waals surface area contributed by atoms with Crippen LogP contribution < -0.4 is 0 Å². The van der Waals surface area contributed by atoms with E-state index in [4.69, 9.17) is 9.47 Å². The summed E-state index contributed by atoms with van der Waals surface area (Å²) in [5, 5.41) is 0.